The lowest BCUT2D eigenvalue weighted by molar-refractivity contribution is 0.868. The van der Waals surface area contributed by atoms with Crippen LogP contribution < -0.4 is 0 Å². The third-order valence-corrected chi connectivity index (χ3v) is 5.13. The molecule has 3 aromatic rings. The molecule has 2 aromatic carbocycles. The zero-order valence-corrected chi connectivity index (χ0v) is 14.6. The Balaban J connectivity index is 2.34. The van der Waals surface area contributed by atoms with Crippen molar-refractivity contribution in [1.82, 2.24) is 2.78 Å². The highest BCUT2D eigenvalue weighted by Gasteiger charge is 2.12. The van der Waals surface area contributed by atoms with E-state index in [2.05, 4.69) is 89.7 Å². The van der Waals surface area contributed by atoms with Crippen LogP contribution in [-0.4, -0.2) is 2.78 Å². The van der Waals surface area contributed by atoms with Gasteiger partial charge in [-0.1, -0.05) is 52.0 Å². The Hall–Kier alpha value is -1.03. The Kier molecular flexibility index (Phi) is 3.53. The highest BCUT2D eigenvalue weighted by Crippen LogP contribution is 2.34. The third kappa shape index (κ3) is 2.14. The zero-order chi connectivity index (χ0) is 14.4. The van der Waals surface area contributed by atoms with Crippen molar-refractivity contribution in [2.24, 2.45) is 0 Å². The smallest absolute Gasteiger partial charge is 0.0646 e. The van der Waals surface area contributed by atoms with E-state index >= 15 is 0 Å². The molecule has 0 fully saturated rings. The molecule has 0 aliphatic rings. The minimum atomic E-state index is 0.569. The summed E-state index contributed by atoms with van der Waals surface area (Å²) in [7, 11) is 0. The topological polar surface area (TPSA) is 4.93 Å². The molecular formula is C18H20IN. The summed E-state index contributed by atoms with van der Waals surface area (Å²) in [5.74, 6) is 1.14. The first-order chi connectivity index (χ1) is 9.49. The number of hydrogen-bond acceptors (Lipinski definition) is 0. The Bertz CT molecular complexity index is 716. The molecule has 0 radical (unpaired) electrons. The average molecular weight is 377 g/mol. The Morgan fingerprint density at radius 1 is 0.750 bits per heavy atom. The van der Waals surface area contributed by atoms with Crippen molar-refractivity contribution in [3.05, 3.63) is 47.5 Å². The molecule has 0 aliphatic heterocycles. The molecule has 1 nitrogen and oxygen atoms in total. The first-order valence-electron chi connectivity index (χ1n) is 7.23. The van der Waals surface area contributed by atoms with Gasteiger partial charge in [-0.25, -0.2) is 0 Å². The summed E-state index contributed by atoms with van der Waals surface area (Å²) in [5.41, 5.74) is 5.46. The van der Waals surface area contributed by atoms with Crippen LogP contribution in [0.2, 0.25) is 0 Å². The highest BCUT2D eigenvalue weighted by molar-refractivity contribution is 14.1. The first-order valence-corrected chi connectivity index (χ1v) is 8.19. The summed E-state index contributed by atoms with van der Waals surface area (Å²) in [4.78, 5) is 0. The summed E-state index contributed by atoms with van der Waals surface area (Å²) in [6.07, 6.45) is 0. The van der Waals surface area contributed by atoms with Gasteiger partial charge in [0.05, 0.1) is 33.9 Å². The quantitative estimate of drug-likeness (QED) is 0.466. The van der Waals surface area contributed by atoms with Crippen molar-refractivity contribution < 1.29 is 0 Å². The van der Waals surface area contributed by atoms with E-state index in [0.29, 0.717) is 11.8 Å². The number of benzene rings is 2. The first kappa shape index (κ1) is 13.9. The molecular weight excluding hydrogens is 357 g/mol. The fourth-order valence-corrected chi connectivity index (χ4v) is 3.52. The number of rotatable bonds is 2. The summed E-state index contributed by atoms with van der Waals surface area (Å²) in [6.45, 7) is 8.99. The number of hydrogen-bond donors (Lipinski definition) is 0. The minimum absolute atomic E-state index is 0.569. The van der Waals surface area contributed by atoms with Gasteiger partial charge in [0.25, 0.3) is 0 Å². The van der Waals surface area contributed by atoms with Gasteiger partial charge in [0, 0.05) is 10.8 Å². The molecule has 0 unspecified atom stereocenters. The largest absolute Gasteiger partial charge is 0.282 e. The van der Waals surface area contributed by atoms with Crippen LogP contribution in [0.25, 0.3) is 21.8 Å². The van der Waals surface area contributed by atoms with Crippen molar-refractivity contribution in [3.8, 4) is 0 Å². The van der Waals surface area contributed by atoms with Gasteiger partial charge in [-0.15, -0.1) is 0 Å². The van der Waals surface area contributed by atoms with Gasteiger partial charge in [-0.3, -0.25) is 2.78 Å². The SMILES string of the molecule is CC(C)c1ccc2c3ccc(C(C)C)cc3n(I)c2c1. The molecule has 0 aliphatic carbocycles. The summed E-state index contributed by atoms with van der Waals surface area (Å²) < 4.78 is 2.31. The van der Waals surface area contributed by atoms with Gasteiger partial charge in [0.2, 0.25) is 0 Å². The van der Waals surface area contributed by atoms with Crippen molar-refractivity contribution >= 4 is 44.7 Å². The van der Waals surface area contributed by atoms with E-state index < -0.39 is 0 Å². The minimum Gasteiger partial charge on any atom is -0.282 e. The van der Waals surface area contributed by atoms with Crippen molar-refractivity contribution in [2.75, 3.05) is 0 Å². The van der Waals surface area contributed by atoms with Crippen molar-refractivity contribution in [1.29, 1.82) is 0 Å². The molecule has 0 saturated carbocycles. The van der Waals surface area contributed by atoms with E-state index in [9.17, 15) is 0 Å². The van der Waals surface area contributed by atoms with E-state index in [0.717, 1.165) is 0 Å². The second-order valence-electron chi connectivity index (χ2n) is 6.14. The fourth-order valence-electron chi connectivity index (χ4n) is 2.73. The van der Waals surface area contributed by atoms with Crippen LogP contribution in [0.4, 0.5) is 0 Å². The molecule has 0 bridgehead atoms. The molecule has 2 heteroatoms. The predicted octanol–water partition coefficient (Wildman–Crippen LogP) is 6.24. The monoisotopic (exact) mass is 377 g/mol. The van der Waals surface area contributed by atoms with Crippen LogP contribution in [0.5, 0.6) is 0 Å². The van der Waals surface area contributed by atoms with Crippen LogP contribution >= 0.6 is 22.9 Å². The maximum Gasteiger partial charge on any atom is 0.0646 e. The maximum absolute atomic E-state index is 2.43. The van der Waals surface area contributed by atoms with Crippen LogP contribution in [-0.2, 0) is 0 Å². The Morgan fingerprint density at radius 3 is 1.50 bits per heavy atom. The van der Waals surface area contributed by atoms with Gasteiger partial charge in [-0.2, -0.15) is 0 Å². The summed E-state index contributed by atoms with van der Waals surface area (Å²) >= 11 is 2.43. The lowest BCUT2D eigenvalue weighted by Crippen LogP contribution is -1.88. The van der Waals surface area contributed by atoms with Crippen LogP contribution in [0.15, 0.2) is 36.4 Å². The molecule has 20 heavy (non-hydrogen) atoms. The molecule has 0 atom stereocenters. The predicted molar refractivity (Wildman–Crippen MR) is 97.0 cm³/mol. The lowest BCUT2D eigenvalue weighted by Gasteiger charge is -2.05. The van der Waals surface area contributed by atoms with Gasteiger partial charge in [0.15, 0.2) is 0 Å². The third-order valence-electron chi connectivity index (χ3n) is 4.09. The van der Waals surface area contributed by atoms with E-state index in [-0.39, 0.29) is 0 Å². The number of halogens is 1. The molecule has 104 valence electrons. The number of aromatic nitrogens is 1. The van der Waals surface area contributed by atoms with E-state index in [4.69, 9.17) is 0 Å². The van der Waals surface area contributed by atoms with E-state index in [1.54, 1.807) is 0 Å². The molecule has 1 aromatic heterocycles. The van der Waals surface area contributed by atoms with Gasteiger partial charge < -0.3 is 0 Å². The standard InChI is InChI=1S/C18H20IN/c1-11(2)13-5-7-15-16-8-6-14(12(3)4)10-18(16)20(19)17(15)9-13/h5-12H,1-4H3. The van der Waals surface area contributed by atoms with E-state index in [1.165, 1.54) is 32.9 Å². The van der Waals surface area contributed by atoms with Gasteiger partial charge in [0.1, 0.15) is 0 Å². The fraction of sp³-hybridized carbons (Fsp3) is 0.333. The van der Waals surface area contributed by atoms with Crippen molar-refractivity contribution in [3.63, 3.8) is 0 Å². The molecule has 3 rings (SSSR count). The maximum atomic E-state index is 2.43. The Labute approximate surface area is 134 Å². The van der Waals surface area contributed by atoms with E-state index in [1.807, 2.05) is 0 Å². The summed E-state index contributed by atoms with van der Waals surface area (Å²) in [6, 6.07) is 13.7. The summed E-state index contributed by atoms with van der Waals surface area (Å²) in [5, 5.41) is 2.71. The second kappa shape index (κ2) is 5.06. The normalized spacial score (nSPS) is 12.2. The lowest BCUT2D eigenvalue weighted by atomic mass is 10.00. The van der Waals surface area contributed by atoms with Crippen LogP contribution in [0.3, 0.4) is 0 Å². The van der Waals surface area contributed by atoms with Gasteiger partial charge in [-0.05, 0) is 35.1 Å². The molecule has 0 spiro atoms. The Morgan fingerprint density at radius 2 is 1.15 bits per heavy atom. The molecule has 0 N–H and O–H groups in total. The highest BCUT2D eigenvalue weighted by atomic mass is 127. The zero-order valence-electron chi connectivity index (χ0n) is 12.4. The molecule has 0 amide bonds. The van der Waals surface area contributed by atoms with Crippen molar-refractivity contribution in [2.45, 2.75) is 39.5 Å². The molecule has 1 heterocycles. The average Bonchev–Trinajstić information content (AvgIpc) is 2.71. The van der Waals surface area contributed by atoms with Gasteiger partial charge >= 0.3 is 0 Å². The molecule has 0 saturated heterocycles. The van der Waals surface area contributed by atoms with Crippen LogP contribution in [0.1, 0.15) is 50.7 Å². The number of nitrogens with zero attached hydrogens (tertiary/aromatic N) is 1. The number of fused-ring (bicyclic) bond motifs is 3. The second-order valence-corrected chi connectivity index (χ2v) is 7.11. The van der Waals surface area contributed by atoms with Crippen LogP contribution in [0, 0.1) is 0 Å².